The molecule has 24 heavy (non-hydrogen) atoms. The van der Waals surface area contributed by atoms with Gasteiger partial charge < -0.3 is 20.4 Å². The van der Waals surface area contributed by atoms with Gasteiger partial charge in [0.15, 0.2) is 17.3 Å². The Morgan fingerprint density at radius 2 is 1.25 bits per heavy atom. The van der Waals surface area contributed by atoms with E-state index in [4.69, 9.17) is 4.55 Å². The SMILES string of the molecule is O=C1c2cc(S(=O)(=O)O)c(O)c(O)c2C(=O)c2c(O)ccc(O)c21. The first-order valence-corrected chi connectivity index (χ1v) is 7.70. The third-order valence-corrected chi connectivity index (χ3v) is 4.47. The molecule has 3 rings (SSSR count). The first-order chi connectivity index (χ1) is 11.1. The second kappa shape index (κ2) is 4.69. The molecule has 10 heteroatoms. The van der Waals surface area contributed by atoms with Gasteiger partial charge in [0.25, 0.3) is 10.1 Å². The highest BCUT2D eigenvalue weighted by Gasteiger charge is 2.39. The summed E-state index contributed by atoms with van der Waals surface area (Å²) in [7, 11) is -5.01. The van der Waals surface area contributed by atoms with Gasteiger partial charge in [-0.3, -0.25) is 14.1 Å². The second-order valence-electron chi connectivity index (χ2n) is 4.98. The van der Waals surface area contributed by atoms with Crippen LogP contribution in [-0.4, -0.2) is 45.0 Å². The molecule has 124 valence electrons. The number of aromatic hydroxyl groups is 4. The maximum atomic E-state index is 12.5. The number of fused-ring (bicyclic) bond motifs is 2. The second-order valence-corrected chi connectivity index (χ2v) is 6.37. The van der Waals surface area contributed by atoms with Crippen molar-refractivity contribution in [2.45, 2.75) is 4.90 Å². The Balaban J connectivity index is 2.46. The minimum Gasteiger partial charge on any atom is -0.507 e. The summed E-state index contributed by atoms with van der Waals surface area (Å²) in [6.07, 6.45) is 0. The van der Waals surface area contributed by atoms with Crippen LogP contribution < -0.4 is 0 Å². The van der Waals surface area contributed by atoms with Gasteiger partial charge in [-0.15, -0.1) is 0 Å². The van der Waals surface area contributed by atoms with Crippen LogP contribution in [0, 0.1) is 0 Å². The Labute approximate surface area is 133 Å². The molecule has 0 spiro atoms. The predicted octanol–water partition coefficient (Wildman–Crippen LogP) is 0.531. The van der Waals surface area contributed by atoms with Crippen molar-refractivity contribution < 1.29 is 43.0 Å². The van der Waals surface area contributed by atoms with E-state index in [1.165, 1.54) is 0 Å². The summed E-state index contributed by atoms with van der Waals surface area (Å²) >= 11 is 0. The standard InChI is InChI=1S/C14H8O9S/c15-5-1-2-6(16)10-9(5)11(17)4-3-7(24(21,22)23)12(18)14(20)8(4)13(10)19/h1-3,15-16,18,20H,(H,21,22,23). The van der Waals surface area contributed by atoms with Gasteiger partial charge in [0.2, 0.25) is 5.78 Å². The molecule has 0 radical (unpaired) electrons. The summed E-state index contributed by atoms with van der Waals surface area (Å²) < 4.78 is 31.5. The molecule has 0 heterocycles. The summed E-state index contributed by atoms with van der Waals surface area (Å²) in [6.45, 7) is 0. The minimum atomic E-state index is -5.01. The third kappa shape index (κ3) is 1.94. The van der Waals surface area contributed by atoms with Gasteiger partial charge >= 0.3 is 0 Å². The smallest absolute Gasteiger partial charge is 0.298 e. The molecule has 0 saturated heterocycles. The van der Waals surface area contributed by atoms with Crippen LogP contribution in [0.4, 0.5) is 0 Å². The average Bonchev–Trinajstić information content (AvgIpc) is 2.48. The van der Waals surface area contributed by atoms with Gasteiger partial charge in [-0.05, 0) is 18.2 Å². The fourth-order valence-corrected chi connectivity index (χ4v) is 3.15. The van der Waals surface area contributed by atoms with E-state index in [1.54, 1.807) is 0 Å². The number of phenols is 4. The van der Waals surface area contributed by atoms with E-state index >= 15 is 0 Å². The van der Waals surface area contributed by atoms with Crippen LogP contribution in [-0.2, 0) is 10.1 Å². The minimum absolute atomic E-state index is 0.506. The molecule has 0 fully saturated rings. The number of hydrogen-bond acceptors (Lipinski definition) is 8. The third-order valence-electron chi connectivity index (χ3n) is 3.60. The molecular formula is C14H8O9S. The number of phenolic OH excluding ortho intramolecular Hbond substituents is 4. The van der Waals surface area contributed by atoms with Crippen LogP contribution in [0.25, 0.3) is 0 Å². The van der Waals surface area contributed by atoms with Gasteiger partial charge in [-0.25, -0.2) is 0 Å². The van der Waals surface area contributed by atoms with Crippen molar-refractivity contribution in [1.29, 1.82) is 0 Å². The first-order valence-electron chi connectivity index (χ1n) is 6.26. The fraction of sp³-hybridized carbons (Fsp3) is 0. The van der Waals surface area contributed by atoms with E-state index < -0.39 is 71.8 Å². The Morgan fingerprint density at radius 1 is 0.750 bits per heavy atom. The number of carbonyl (C=O) groups is 2. The molecular weight excluding hydrogens is 344 g/mol. The van der Waals surface area contributed by atoms with E-state index in [0.717, 1.165) is 12.1 Å². The largest absolute Gasteiger partial charge is 0.507 e. The topological polar surface area (TPSA) is 169 Å². The molecule has 2 aromatic carbocycles. The van der Waals surface area contributed by atoms with Gasteiger partial charge in [0.1, 0.15) is 16.4 Å². The molecule has 0 bridgehead atoms. The highest BCUT2D eigenvalue weighted by Crippen LogP contribution is 2.45. The zero-order chi connectivity index (χ0) is 18.0. The van der Waals surface area contributed by atoms with Crippen molar-refractivity contribution in [2.75, 3.05) is 0 Å². The number of rotatable bonds is 1. The van der Waals surface area contributed by atoms with Crippen LogP contribution in [0.5, 0.6) is 23.0 Å². The lowest BCUT2D eigenvalue weighted by atomic mass is 9.82. The van der Waals surface area contributed by atoms with Gasteiger partial charge in [-0.1, -0.05) is 0 Å². The molecule has 5 N–H and O–H groups in total. The van der Waals surface area contributed by atoms with Crippen LogP contribution in [0.15, 0.2) is 23.1 Å². The molecule has 9 nitrogen and oxygen atoms in total. The number of benzene rings is 2. The Bertz CT molecular complexity index is 1050. The van der Waals surface area contributed by atoms with Crippen LogP contribution in [0.1, 0.15) is 31.8 Å². The van der Waals surface area contributed by atoms with E-state index in [0.29, 0.717) is 6.07 Å². The van der Waals surface area contributed by atoms with Crippen molar-refractivity contribution >= 4 is 21.7 Å². The van der Waals surface area contributed by atoms with Gasteiger partial charge in [0.05, 0.1) is 16.7 Å². The van der Waals surface area contributed by atoms with E-state index in [-0.39, 0.29) is 0 Å². The molecule has 0 atom stereocenters. The lowest BCUT2D eigenvalue weighted by Crippen LogP contribution is -2.22. The van der Waals surface area contributed by atoms with Gasteiger partial charge in [0, 0.05) is 5.56 Å². The molecule has 0 aromatic heterocycles. The van der Waals surface area contributed by atoms with E-state index in [1.807, 2.05) is 0 Å². The highest BCUT2D eigenvalue weighted by atomic mass is 32.2. The summed E-state index contributed by atoms with van der Waals surface area (Å²) in [5, 5.41) is 39.2. The molecule has 0 amide bonds. The van der Waals surface area contributed by atoms with Crippen molar-refractivity contribution in [1.82, 2.24) is 0 Å². The lowest BCUT2D eigenvalue weighted by Gasteiger charge is -2.21. The molecule has 0 aliphatic heterocycles. The Hall–Kier alpha value is -3.11. The Kier molecular flexibility index (Phi) is 3.08. The summed E-state index contributed by atoms with van der Waals surface area (Å²) in [6, 6.07) is 2.41. The lowest BCUT2D eigenvalue weighted by molar-refractivity contribution is 0.0970. The fourth-order valence-electron chi connectivity index (χ4n) is 2.54. The van der Waals surface area contributed by atoms with E-state index in [2.05, 4.69) is 0 Å². The zero-order valence-corrected chi connectivity index (χ0v) is 12.3. The van der Waals surface area contributed by atoms with Crippen LogP contribution in [0.3, 0.4) is 0 Å². The molecule has 0 saturated carbocycles. The highest BCUT2D eigenvalue weighted by molar-refractivity contribution is 7.86. The summed E-state index contributed by atoms with van der Waals surface area (Å²) in [5.41, 5.74) is -2.59. The Morgan fingerprint density at radius 3 is 1.75 bits per heavy atom. The van der Waals surface area contributed by atoms with Crippen molar-refractivity contribution in [3.8, 4) is 23.0 Å². The monoisotopic (exact) mass is 352 g/mol. The normalized spacial score (nSPS) is 13.5. The maximum Gasteiger partial charge on any atom is 0.298 e. The summed E-state index contributed by atoms with van der Waals surface area (Å²) in [4.78, 5) is 23.8. The quantitative estimate of drug-likeness (QED) is 0.238. The molecule has 1 aliphatic rings. The summed E-state index contributed by atoms with van der Waals surface area (Å²) in [5.74, 6) is -6.04. The molecule has 1 aliphatic carbocycles. The molecule has 0 unspecified atom stereocenters. The zero-order valence-electron chi connectivity index (χ0n) is 11.5. The number of carbonyl (C=O) groups excluding carboxylic acids is 2. The molecule has 2 aromatic rings. The van der Waals surface area contributed by atoms with Crippen LogP contribution >= 0.6 is 0 Å². The average molecular weight is 352 g/mol. The van der Waals surface area contributed by atoms with Crippen molar-refractivity contribution in [2.24, 2.45) is 0 Å². The predicted molar refractivity (Wildman–Crippen MR) is 76.2 cm³/mol. The van der Waals surface area contributed by atoms with Crippen LogP contribution in [0.2, 0.25) is 0 Å². The van der Waals surface area contributed by atoms with Gasteiger partial charge in [-0.2, -0.15) is 8.42 Å². The van der Waals surface area contributed by atoms with Crippen molar-refractivity contribution in [3.05, 3.63) is 40.5 Å². The van der Waals surface area contributed by atoms with Crippen molar-refractivity contribution in [3.63, 3.8) is 0 Å². The first kappa shape index (κ1) is 15.8. The maximum absolute atomic E-state index is 12.5. The van der Waals surface area contributed by atoms with E-state index in [9.17, 15) is 38.4 Å². The number of hydrogen-bond donors (Lipinski definition) is 5. The number of ketones is 2.